The number of hydrogen-bond donors (Lipinski definition) is 1. The minimum absolute atomic E-state index is 0.0225. The number of benzene rings is 1. The zero-order valence-corrected chi connectivity index (χ0v) is 10.3. The van der Waals surface area contributed by atoms with Gasteiger partial charge in [0.2, 0.25) is 0 Å². The highest BCUT2D eigenvalue weighted by Crippen LogP contribution is 2.22. The van der Waals surface area contributed by atoms with E-state index in [1.807, 2.05) is 0 Å². The summed E-state index contributed by atoms with van der Waals surface area (Å²) in [6, 6.07) is 4.04. The molecule has 0 unspecified atom stereocenters. The van der Waals surface area contributed by atoms with Crippen LogP contribution in [-0.4, -0.2) is 22.8 Å². The molecule has 0 spiro atoms. The highest BCUT2D eigenvalue weighted by atomic mass is 32.2. The molecule has 1 rings (SSSR count). The van der Waals surface area contributed by atoms with Crippen molar-refractivity contribution in [2.45, 2.75) is 24.7 Å². The summed E-state index contributed by atoms with van der Waals surface area (Å²) in [6.07, 6.45) is 2.04. The highest BCUT2D eigenvalue weighted by molar-refractivity contribution is 7.99. The van der Waals surface area contributed by atoms with Crippen LogP contribution in [0.25, 0.3) is 0 Å². The van der Waals surface area contributed by atoms with E-state index in [0.717, 1.165) is 24.7 Å². The Morgan fingerprint density at radius 1 is 1.29 bits per heavy atom. The van der Waals surface area contributed by atoms with Gasteiger partial charge in [-0.2, -0.15) is 0 Å². The molecule has 0 atom stereocenters. The molecule has 0 aliphatic heterocycles. The molecule has 92 valence electrons. The topological polar surface area (TPSA) is 77.4 Å². The van der Waals surface area contributed by atoms with Crippen LogP contribution in [0.3, 0.4) is 0 Å². The lowest BCUT2D eigenvalue weighted by atomic mass is 10.1. The summed E-state index contributed by atoms with van der Waals surface area (Å²) in [5, 5.41) is 19.6. The van der Waals surface area contributed by atoms with Gasteiger partial charge in [-0.05, 0) is 35.9 Å². The molecule has 0 amide bonds. The van der Waals surface area contributed by atoms with Gasteiger partial charge in [-0.1, -0.05) is 13.3 Å². The average molecular weight is 253 g/mol. The van der Waals surface area contributed by atoms with Crippen LogP contribution >= 0.6 is 11.8 Å². The molecule has 1 aromatic carbocycles. The van der Waals surface area contributed by atoms with Crippen molar-refractivity contribution in [2.24, 2.45) is 0 Å². The largest absolute Gasteiger partial charge is 0.545 e. The predicted molar refractivity (Wildman–Crippen MR) is 63.4 cm³/mol. The van der Waals surface area contributed by atoms with Gasteiger partial charge in [0.15, 0.2) is 0 Å². The Hall–Kier alpha value is -1.49. The van der Waals surface area contributed by atoms with E-state index in [9.17, 15) is 14.7 Å². The molecule has 0 saturated heterocycles. The number of rotatable bonds is 6. The van der Waals surface area contributed by atoms with E-state index in [1.165, 1.54) is 23.9 Å². The lowest BCUT2D eigenvalue weighted by Crippen LogP contribution is -2.22. The van der Waals surface area contributed by atoms with Crippen LogP contribution < -0.4 is 5.11 Å². The second-order valence-electron chi connectivity index (χ2n) is 3.54. The SMILES string of the molecule is CCCCSc1cc(C(=O)[O-])cc(C(=O)O)c1. The van der Waals surface area contributed by atoms with Gasteiger partial charge >= 0.3 is 5.97 Å². The first-order valence-electron chi connectivity index (χ1n) is 5.27. The molecule has 0 heterocycles. The number of aromatic carboxylic acids is 2. The van der Waals surface area contributed by atoms with Gasteiger partial charge in [-0.15, -0.1) is 11.8 Å². The zero-order chi connectivity index (χ0) is 12.8. The molecule has 0 bridgehead atoms. The molecule has 1 aromatic rings. The lowest BCUT2D eigenvalue weighted by molar-refractivity contribution is -0.255. The van der Waals surface area contributed by atoms with Crippen molar-refractivity contribution < 1.29 is 19.8 Å². The Balaban J connectivity index is 2.95. The maximum atomic E-state index is 10.8. The molecular formula is C12H13O4S-. The van der Waals surface area contributed by atoms with Crippen LogP contribution in [-0.2, 0) is 0 Å². The van der Waals surface area contributed by atoms with Gasteiger partial charge < -0.3 is 15.0 Å². The Bertz CT molecular complexity index is 396. The number of hydrogen-bond acceptors (Lipinski definition) is 4. The van der Waals surface area contributed by atoms with Crippen LogP contribution in [0.1, 0.15) is 40.5 Å². The monoisotopic (exact) mass is 253 g/mol. The standard InChI is InChI=1S/C12H14O4S/c1-2-3-4-17-10-6-8(11(13)14)5-9(7-10)12(15)16/h5-7H,2-4H2,1H3,(H,13,14)(H,15,16)/p-1. The average Bonchev–Trinajstić information content (AvgIpc) is 2.29. The molecule has 0 fully saturated rings. The number of carbonyl (C=O) groups excluding carboxylic acids is 1. The van der Waals surface area contributed by atoms with Crippen molar-refractivity contribution in [3.63, 3.8) is 0 Å². The van der Waals surface area contributed by atoms with Gasteiger partial charge in [0, 0.05) is 4.90 Å². The number of carbonyl (C=O) groups is 2. The van der Waals surface area contributed by atoms with Crippen molar-refractivity contribution in [2.75, 3.05) is 5.75 Å². The van der Waals surface area contributed by atoms with Gasteiger partial charge in [-0.25, -0.2) is 4.79 Å². The fraction of sp³-hybridized carbons (Fsp3) is 0.333. The molecule has 0 aromatic heterocycles. The van der Waals surface area contributed by atoms with Crippen LogP contribution in [0.5, 0.6) is 0 Å². The van der Waals surface area contributed by atoms with Crippen LogP contribution in [0.4, 0.5) is 0 Å². The maximum Gasteiger partial charge on any atom is 0.335 e. The molecule has 17 heavy (non-hydrogen) atoms. The molecular weight excluding hydrogens is 240 g/mol. The van der Waals surface area contributed by atoms with E-state index in [-0.39, 0.29) is 11.1 Å². The quantitative estimate of drug-likeness (QED) is 0.616. The second-order valence-corrected chi connectivity index (χ2v) is 4.71. The Morgan fingerprint density at radius 2 is 1.94 bits per heavy atom. The highest BCUT2D eigenvalue weighted by Gasteiger charge is 2.08. The van der Waals surface area contributed by atoms with Gasteiger partial charge in [-0.3, -0.25) is 0 Å². The van der Waals surface area contributed by atoms with E-state index in [2.05, 4.69) is 6.92 Å². The van der Waals surface area contributed by atoms with E-state index in [1.54, 1.807) is 0 Å². The fourth-order valence-corrected chi connectivity index (χ4v) is 2.35. The van der Waals surface area contributed by atoms with Crippen molar-refractivity contribution in [3.05, 3.63) is 29.3 Å². The summed E-state index contributed by atoms with van der Waals surface area (Å²) >= 11 is 1.45. The van der Waals surface area contributed by atoms with E-state index in [4.69, 9.17) is 5.11 Å². The molecule has 0 radical (unpaired) electrons. The van der Waals surface area contributed by atoms with E-state index < -0.39 is 11.9 Å². The van der Waals surface area contributed by atoms with E-state index in [0.29, 0.717) is 4.90 Å². The van der Waals surface area contributed by atoms with Crippen LogP contribution in [0.15, 0.2) is 23.1 Å². The molecule has 0 aliphatic rings. The molecule has 1 N–H and O–H groups in total. The van der Waals surface area contributed by atoms with Gasteiger partial charge in [0.25, 0.3) is 0 Å². The van der Waals surface area contributed by atoms with Gasteiger partial charge in [0.1, 0.15) is 0 Å². The Labute approximate surface area is 104 Å². The minimum Gasteiger partial charge on any atom is -0.545 e. The van der Waals surface area contributed by atoms with Crippen LogP contribution in [0, 0.1) is 0 Å². The Morgan fingerprint density at radius 3 is 2.47 bits per heavy atom. The molecule has 0 saturated carbocycles. The smallest absolute Gasteiger partial charge is 0.335 e. The summed E-state index contributed by atoms with van der Waals surface area (Å²) in [6.45, 7) is 2.06. The normalized spacial score (nSPS) is 10.2. The molecule has 0 aliphatic carbocycles. The van der Waals surface area contributed by atoms with Crippen LogP contribution in [0.2, 0.25) is 0 Å². The number of unbranched alkanes of at least 4 members (excludes halogenated alkanes) is 1. The third-order valence-electron chi connectivity index (χ3n) is 2.16. The third-order valence-corrected chi connectivity index (χ3v) is 3.22. The van der Waals surface area contributed by atoms with Crippen molar-refractivity contribution in [3.8, 4) is 0 Å². The summed E-state index contributed by atoms with van der Waals surface area (Å²) < 4.78 is 0. The summed E-state index contributed by atoms with van der Waals surface area (Å²) in [5.41, 5.74) is -0.116. The first-order chi connectivity index (χ1) is 8.04. The molecule has 4 nitrogen and oxygen atoms in total. The fourth-order valence-electron chi connectivity index (χ4n) is 1.26. The zero-order valence-electron chi connectivity index (χ0n) is 9.43. The minimum atomic E-state index is -1.36. The third kappa shape index (κ3) is 4.11. The summed E-state index contributed by atoms with van der Waals surface area (Å²) in [5.74, 6) is -1.65. The number of thioether (sulfide) groups is 1. The van der Waals surface area contributed by atoms with Crippen molar-refractivity contribution in [1.29, 1.82) is 0 Å². The van der Waals surface area contributed by atoms with Crippen molar-refractivity contribution in [1.82, 2.24) is 0 Å². The maximum absolute atomic E-state index is 10.8. The number of carboxylic acid groups (broad SMARTS) is 2. The predicted octanol–water partition coefficient (Wildman–Crippen LogP) is 1.64. The first kappa shape index (κ1) is 13.6. The van der Waals surface area contributed by atoms with E-state index >= 15 is 0 Å². The summed E-state index contributed by atoms with van der Waals surface area (Å²) in [4.78, 5) is 22.2. The van der Waals surface area contributed by atoms with Crippen molar-refractivity contribution >= 4 is 23.7 Å². The number of carboxylic acids is 2. The second kappa shape index (κ2) is 6.30. The lowest BCUT2D eigenvalue weighted by Gasteiger charge is -2.08. The van der Waals surface area contributed by atoms with Gasteiger partial charge in [0.05, 0.1) is 11.5 Å². The Kier molecular flexibility index (Phi) is 5.03. The summed E-state index contributed by atoms with van der Waals surface area (Å²) in [7, 11) is 0. The first-order valence-corrected chi connectivity index (χ1v) is 6.25. The molecule has 5 heteroatoms.